The average molecular weight is 258 g/mol. The zero-order valence-electron chi connectivity index (χ0n) is 11.5. The molecule has 0 aliphatic carbocycles. The van der Waals surface area contributed by atoms with Crippen LogP contribution in [0.4, 0.5) is 4.79 Å². The number of hydrogen-bond acceptors (Lipinski definition) is 3. The molecular formula is C12H22N2O4. The summed E-state index contributed by atoms with van der Waals surface area (Å²) in [6, 6.07) is -0.236. The number of hydrogen-bond donors (Lipinski definition) is 1. The quantitative estimate of drug-likeness (QED) is 0.820. The molecule has 1 heterocycles. The van der Waals surface area contributed by atoms with E-state index in [1.807, 2.05) is 6.92 Å². The SMILES string of the molecule is CCN(C(=O)N1CCOC(C)C1)C(C)(C)C(=O)O. The van der Waals surface area contributed by atoms with Crippen molar-refractivity contribution in [3.63, 3.8) is 0 Å². The summed E-state index contributed by atoms with van der Waals surface area (Å²) in [6.45, 7) is 8.65. The Morgan fingerprint density at radius 3 is 2.56 bits per heavy atom. The highest BCUT2D eigenvalue weighted by Gasteiger charge is 2.39. The molecule has 0 aromatic carbocycles. The van der Waals surface area contributed by atoms with E-state index in [-0.39, 0.29) is 12.1 Å². The van der Waals surface area contributed by atoms with Gasteiger partial charge < -0.3 is 19.6 Å². The van der Waals surface area contributed by atoms with Crippen molar-refractivity contribution in [2.45, 2.75) is 39.3 Å². The number of nitrogens with zero attached hydrogens (tertiary/aromatic N) is 2. The number of likely N-dealkylation sites (N-methyl/N-ethyl adjacent to an activating group) is 1. The van der Waals surface area contributed by atoms with E-state index in [9.17, 15) is 14.7 Å². The van der Waals surface area contributed by atoms with E-state index in [2.05, 4.69) is 0 Å². The smallest absolute Gasteiger partial charge is 0.329 e. The molecule has 1 unspecified atom stereocenters. The number of carbonyl (C=O) groups excluding carboxylic acids is 1. The van der Waals surface area contributed by atoms with Crippen LogP contribution in [-0.2, 0) is 9.53 Å². The van der Waals surface area contributed by atoms with Crippen LogP contribution in [0, 0.1) is 0 Å². The molecule has 0 bridgehead atoms. The number of aliphatic carboxylic acids is 1. The minimum atomic E-state index is -1.20. The van der Waals surface area contributed by atoms with Crippen LogP contribution in [-0.4, -0.2) is 64.8 Å². The van der Waals surface area contributed by atoms with Crippen LogP contribution in [0.5, 0.6) is 0 Å². The summed E-state index contributed by atoms with van der Waals surface area (Å²) in [5.74, 6) is -1.00. The molecule has 1 atom stereocenters. The van der Waals surface area contributed by atoms with Crippen molar-refractivity contribution in [1.82, 2.24) is 9.80 Å². The van der Waals surface area contributed by atoms with Crippen molar-refractivity contribution in [3.8, 4) is 0 Å². The molecule has 1 rings (SSSR count). The summed E-state index contributed by atoms with van der Waals surface area (Å²) in [5, 5.41) is 9.20. The number of rotatable bonds is 3. The summed E-state index contributed by atoms with van der Waals surface area (Å²) >= 11 is 0. The Bertz CT molecular complexity index is 330. The van der Waals surface area contributed by atoms with Gasteiger partial charge in [-0.3, -0.25) is 0 Å². The van der Waals surface area contributed by atoms with Gasteiger partial charge in [0, 0.05) is 19.6 Å². The van der Waals surface area contributed by atoms with Gasteiger partial charge in [0.05, 0.1) is 12.7 Å². The summed E-state index contributed by atoms with van der Waals surface area (Å²) < 4.78 is 5.38. The first-order valence-corrected chi connectivity index (χ1v) is 6.22. The van der Waals surface area contributed by atoms with Crippen molar-refractivity contribution >= 4 is 12.0 Å². The maximum absolute atomic E-state index is 12.4. The fourth-order valence-electron chi connectivity index (χ4n) is 2.05. The van der Waals surface area contributed by atoms with Gasteiger partial charge in [0.2, 0.25) is 0 Å². The molecule has 1 fully saturated rings. The van der Waals surface area contributed by atoms with Crippen LogP contribution in [0.25, 0.3) is 0 Å². The van der Waals surface area contributed by atoms with Gasteiger partial charge in [0.15, 0.2) is 0 Å². The van der Waals surface area contributed by atoms with Crippen LogP contribution in [0.15, 0.2) is 0 Å². The van der Waals surface area contributed by atoms with E-state index in [0.29, 0.717) is 26.2 Å². The second-order valence-corrected chi connectivity index (χ2v) is 5.02. The number of urea groups is 1. The van der Waals surface area contributed by atoms with Crippen molar-refractivity contribution in [1.29, 1.82) is 0 Å². The largest absolute Gasteiger partial charge is 0.480 e. The van der Waals surface area contributed by atoms with Crippen LogP contribution >= 0.6 is 0 Å². The minimum absolute atomic E-state index is 0.00523. The molecule has 6 nitrogen and oxygen atoms in total. The fourth-order valence-corrected chi connectivity index (χ4v) is 2.05. The van der Waals surface area contributed by atoms with Gasteiger partial charge in [-0.15, -0.1) is 0 Å². The highest BCUT2D eigenvalue weighted by Crippen LogP contribution is 2.18. The minimum Gasteiger partial charge on any atom is -0.480 e. The van der Waals surface area contributed by atoms with Crippen molar-refractivity contribution in [2.75, 3.05) is 26.2 Å². The van der Waals surface area contributed by atoms with E-state index in [1.54, 1.807) is 25.7 Å². The fraction of sp³-hybridized carbons (Fsp3) is 0.833. The van der Waals surface area contributed by atoms with Gasteiger partial charge in [-0.1, -0.05) is 0 Å². The van der Waals surface area contributed by atoms with E-state index in [0.717, 1.165) is 0 Å². The van der Waals surface area contributed by atoms with E-state index >= 15 is 0 Å². The molecule has 0 saturated carbocycles. The third-order valence-corrected chi connectivity index (χ3v) is 3.26. The first kappa shape index (κ1) is 14.8. The molecule has 1 aliphatic rings. The van der Waals surface area contributed by atoms with Gasteiger partial charge in [-0.2, -0.15) is 0 Å². The van der Waals surface area contributed by atoms with Crippen molar-refractivity contribution in [2.24, 2.45) is 0 Å². The van der Waals surface area contributed by atoms with Gasteiger partial charge in [0.1, 0.15) is 5.54 Å². The Morgan fingerprint density at radius 1 is 1.50 bits per heavy atom. The monoisotopic (exact) mass is 258 g/mol. The normalized spacial score (nSPS) is 20.7. The molecule has 0 aromatic rings. The summed E-state index contributed by atoms with van der Waals surface area (Å²) in [6.07, 6.45) is -0.00523. The zero-order chi connectivity index (χ0) is 13.9. The highest BCUT2D eigenvalue weighted by molar-refractivity contribution is 5.85. The van der Waals surface area contributed by atoms with Crippen LogP contribution in [0.3, 0.4) is 0 Å². The van der Waals surface area contributed by atoms with Gasteiger partial charge in [0.25, 0.3) is 0 Å². The second kappa shape index (κ2) is 5.56. The lowest BCUT2D eigenvalue weighted by Crippen LogP contribution is -2.59. The third-order valence-electron chi connectivity index (χ3n) is 3.26. The molecule has 0 aromatic heterocycles. The second-order valence-electron chi connectivity index (χ2n) is 5.02. The van der Waals surface area contributed by atoms with Crippen LogP contribution in [0.1, 0.15) is 27.7 Å². The predicted octanol–water partition coefficient (Wildman–Crippen LogP) is 1.01. The number of morpholine rings is 1. The molecule has 1 saturated heterocycles. The lowest BCUT2D eigenvalue weighted by atomic mass is 10.0. The molecule has 1 N–H and O–H groups in total. The van der Waals surface area contributed by atoms with Gasteiger partial charge in [-0.05, 0) is 27.7 Å². The molecule has 1 aliphatic heterocycles. The first-order valence-electron chi connectivity index (χ1n) is 6.22. The topological polar surface area (TPSA) is 70.1 Å². The van der Waals surface area contributed by atoms with E-state index in [1.165, 1.54) is 4.90 Å². The number of carboxylic acid groups (broad SMARTS) is 1. The Balaban J connectivity index is 2.82. The third kappa shape index (κ3) is 2.93. The first-order chi connectivity index (χ1) is 8.30. The zero-order valence-corrected chi connectivity index (χ0v) is 11.5. The van der Waals surface area contributed by atoms with Crippen molar-refractivity contribution < 1.29 is 19.4 Å². The Morgan fingerprint density at radius 2 is 2.11 bits per heavy atom. The number of carbonyl (C=O) groups is 2. The molecule has 0 spiro atoms. The maximum Gasteiger partial charge on any atom is 0.329 e. The highest BCUT2D eigenvalue weighted by atomic mass is 16.5. The van der Waals surface area contributed by atoms with Crippen LogP contribution < -0.4 is 0 Å². The Labute approximate surface area is 107 Å². The van der Waals surface area contributed by atoms with Crippen molar-refractivity contribution in [3.05, 3.63) is 0 Å². The molecular weight excluding hydrogens is 236 g/mol. The predicted molar refractivity (Wildman–Crippen MR) is 66.5 cm³/mol. The molecule has 6 heteroatoms. The average Bonchev–Trinajstić information content (AvgIpc) is 2.29. The Hall–Kier alpha value is -1.30. The van der Waals surface area contributed by atoms with Gasteiger partial charge >= 0.3 is 12.0 Å². The standard InChI is InChI=1S/C12H22N2O4/c1-5-14(12(3,4)10(15)16)11(17)13-6-7-18-9(2)8-13/h9H,5-8H2,1-4H3,(H,15,16). The molecule has 2 amide bonds. The molecule has 18 heavy (non-hydrogen) atoms. The summed E-state index contributed by atoms with van der Waals surface area (Å²) in [4.78, 5) is 26.6. The molecule has 104 valence electrons. The number of ether oxygens (including phenoxy) is 1. The number of amides is 2. The lowest BCUT2D eigenvalue weighted by Gasteiger charge is -2.40. The van der Waals surface area contributed by atoms with Gasteiger partial charge in [-0.25, -0.2) is 9.59 Å². The molecule has 0 radical (unpaired) electrons. The van der Waals surface area contributed by atoms with E-state index in [4.69, 9.17) is 4.74 Å². The van der Waals surface area contributed by atoms with E-state index < -0.39 is 11.5 Å². The summed E-state index contributed by atoms with van der Waals surface area (Å²) in [5.41, 5.74) is -1.20. The maximum atomic E-state index is 12.4. The number of carboxylic acids is 1. The van der Waals surface area contributed by atoms with Crippen LogP contribution in [0.2, 0.25) is 0 Å². The summed E-state index contributed by atoms with van der Waals surface area (Å²) in [7, 11) is 0. The Kier molecular flexibility index (Phi) is 4.56. The lowest BCUT2D eigenvalue weighted by molar-refractivity contribution is -0.148.